The number of amides is 2. The minimum atomic E-state index is -0.668. The Morgan fingerprint density at radius 2 is 1.66 bits per heavy atom. The molecule has 8 heteroatoms. The molecule has 5 rings (SSSR count). The number of nitrogens with zero attached hydrogens (tertiary/aromatic N) is 2. The molecule has 4 aromatic carbocycles. The van der Waals surface area contributed by atoms with Gasteiger partial charge in [0.1, 0.15) is 35.7 Å². The number of fused-ring (bicyclic) bond motifs is 1. The summed E-state index contributed by atoms with van der Waals surface area (Å²) >= 11 is 0. The van der Waals surface area contributed by atoms with E-state index in [1.54, 1.807) is 48.7 Å². The van der Waals surface area contributed by atoms with Crippen molar-refractivity contribution in [2.24, 2.45) is 0 Å². The number of urea groups is 1. The van der Waals surface area contributed by atoms with Gasteiger partial charge in [0.15, 0.2) is 0 Å². The first-order valence-electron chi connectivity index (χ1n) is 11.7. The number of para-hydroxylation sites is 1. The number of nitrogens with one attached hydrogen (secondary N) is 2. The van der Waals surface area contributed by atoms with Crippen LogP contribution < -0.4 is 20.1 Å². The lowest BCUT2D eigenvalue weighted by Crippen LogP contribution is -2.20. The second-order valence-electron chi connectivity index (χ2n) is 8.25. The van der Waals surface area contributed by atoms with E-state index in [2.05, 4.69) is 21.7 Å². The van der Waals surface area contributed by atoms with Crippen molar-refractivity contribution in [2.45, 2.75) is 6.61 Å². The Morgan fingerprint density at radius 1 is 0.895 bits per heavy atom. The largest absolute Gasteiger partial charge is 0.487 e. The highest BCUT2D eigenvalue weighted by Gasteiger charge is 2.13. The summed E-state index contributed by atoms with van der Waals surface area (Å²) in [6.45, 7) is 0.306. The summed E-state index contributed by atoms with van der Waals surface area (Å²) in [7, 11) is 0. The van der Waals surface area contributed by atoms with Crippen molar-refractivity contribution in [3.63, 3.8) is 0 Å². The number of ether oxygens (including phenoxy) is 2. The van der Waals surface area contributed by atoms with Crippen molar-refractivity contribution >= 4 is 28.3 Å². The highest BCUT2D eigenvalue weighted by molar-refractivity contribution is 5.99. The Kier molecular flexibility index (Phi) is 7.09. The van der Waals surface area contributed by atoms with E-state index in [0.29, 0.717) is 40.3 Å². The molecule has 0 saturated carbocycles. The lowest BCUT2D eigenvalue weighted by Gasteiger charge is -2.13. The number of pyridine rings is 1. The van der Waals surface area contributed by atoms with Gasteiger partial charge in [-0.15, -0.1) is 0 Å². The minimum absolute atomic E-state index is 0.00246. The second-order valence-corrected chi connectivity index (χ2v) is 8.25. The molecule has 1 aromatic heterocycles. The van der Waals surface area contributed by atoms with Crippen molar-refractivity contribution in [2.75, 3.05) is 10.6 Å². The standard InChI is InChI=1S/C30H21FN4O3/c31-25-16-23(11-12-26(25)35-30(36)34-22-9-5-2-6-10-22)38-28-13-14-33-27-17-29(21(18-32)15-24(27)28)37-19-20-7-3-1-4-8-20/h1-17H,19H2,(H2,34,35,36). The molecular weight excluding hydrogens is 483 g/mol. The van der Waals surface area contributed by atoms with Crippen LogP contribution in [0.3, 0.4) is 0 Å². The fraction of sp³-hybridized carbons (Fsp3) is 0.0333. The number of aromatic nitrogens is 1. The molecular formula is C30H21FN4O3. The van der Waals surface area contributed by atoms with Crippen LogP contribution in [0, 0.1) is 17.1 Å². The van der Waals surface area contributed by atoms with Gasteiger partial charge in [0, 0.05) is 29.4 Å². The van der Waals surface area contributed by atoms with Crippen molar-refractivity contribution in [1.29, 1.82) is 5.26 Å². The number of hydrogen-bond acceptors (Lipinski definition) is 5. The maximum absolute atomic E-state index is 14.8. The average Bonchev–Trinajstić information content (AvgIpc) is 2.94. The van der Waals surface area contributed by atoms with E-state index in [0.717, 1.165) is 5.56 Å². The van der Waals surface area contributed by atoms with Gasteiger partial charge in [-0.1, -0.05) is 48.5 Å². The van der Waals surface area contributed by atoms with Crippen LogP contribution in [0.5, 0.6) is 17.2 Å². The number of nitriles is 1. The van der Waals surface area contributed by atoms with E-state index in [9.17, 15) is 14.4 Å². The third-order valence-corrected chi connectivity index (χ3v) is 5.61. The minimum Gasteiger partial charge on any atom is -0.487 e. The van der Waals surface area contributed by atoms with Gasteiger partial charge in [-0.05, 0) is 42.0 Å². The maximum Gasteiger partial charge on any atom is 0.323 e. The van der Waals surface area contributed by atoms with Crippen molar-refractivity contribution in [3.8, 4) is 23.3 Å². The molecule has 0 aliphatic heterocycles. The summed E-state index contributed by atoms with van der Waals surface area (Å²) in [6, 6.07) is 29.1. The van der Waals surface area contributed by atoms with Gasteiger partial charge in [0.05, 0.1) is 16.8 Å². The predicted molar refractivity (Wildman–Crippen MR) is 143 cm³/mol. The van der Waals surface area contributed by atoms with E-state index in [1.807, 2.05) is 36.4 Å². The van der Waals surface area contributed by atoms with Crippen LogP contribution in [0.25, 0.3) is 10.9 Å². The van der Waals surface area contributed by atoms with E-state index in [1.165, 1.54) is 18.2 Å². The Labute approximate surface area is 218 Å². The molecule has 0 fully saturated rings. The predicted octanol–water partition coefficient (Wildman–Crippen LogP) is 7.26. The zero-order chi connectivity index (χ0) is 26.3. The summed E-state index contributed by atoms with van der Waals surface area (Å²) < 4.78 is 26.6. The SMILES string of the molecule is N#Cc1cc2c(Oc3ccc(NC(=O)Nc4ccccc4)c(F)c3)ccnc2cc1OCc1ccccc1. The monoisotopic (exact) mass is 504 g/mol. The molecule has 1 heterocycles. The first-order chi connectivity index (χ1) is 18.6. The molecule has 0 aliphatic rings. The smallest absolute Gasteiger partial charge is 0.323 e. The lowest BCUT2D eigenvalue weighted by molar-refractivity contribution is 0.262. The zero-order valence-corrected chi connectivity index (χ0v) is 20.0. The molecule has 7 nitrogen and oxygen atoms in total. The van der Waals surface area contributed by atoms with Crippen LogP contribution in [0.15, 0.2) is 103 Å². The first kappa shape index (κ1) is 24.3. The number of carbonyl (C=O) groups excluding carboxylic acids is 1. The molecule has 186 valence electrons. The van der Waals surface area contributed by atoms with Gasteiger partial charge < -0.3 is 20.1 Å². The molecule has 0 radical (unpaired) electrons. The molecule has 0 saturated heterocycles. The summed E-state index contributed by atoms with van der Waals surface area (Å²) in [5.74, 6) is 0.345. The van der Waals surface area contributed by atoms with Crippen molar-refractivity contribution < 1.29 is 18.7 Å². The molecule has 0 aliphatic carbocycles. The first-order valence-corrected chi connectivity index (χ1v) is 11.7. The Morgan fingerprint density at radius 3 is 2.39 bits per heavy atom. The summed E-state index contributed by atoms with van der Waals surface area (Å²) in [5, 5.41) is 15.4. The lowest BCUT2D eigenvalue weighted by atomic mass is 10.1. The van der Waals surface area contributed by atoms with Gasteiger partial charge in [-0.25, -0.2) is 9.18 Å². The van der Waals surface area contributed by atoms with Crippen LogP contribution >= 0.6 is 0 Å². The molecule has 5 aromatic rings. The Balaban J connectivity index is 1.33. The highest BCUT2D eigenvalue weighted by atomic mass is 19.1. The van der Waals surface area contributed by atoms with E-state index >= 15 is 0 Å². The van der Waals surface area contributed by atoms with Crippen LogP contribution in [-0.4, -0.2) is 11.0 Å². The number of halogens is 1. The normalized spacial score (nSPS) is 10.4. The fourth-order valence-corrected chi connectivity index (χ4v) is 3.77. The van der Waals surface area contributed by atoms with E-state index in [-0.39, 0.29) is 11.4 Å². The molecule has 0 bridgehead atoms. The van der Waals surface area contributed by atoms with Gasteiger partial charge in [0.2, 0.25) is 0 Å². The van der Waals surface area contributed by atoms with Gasteiger partial charge >= 0.3 is 6.03 Å². The molecule has 38 heavy (non-hydrogen) atoms. The molecule has 0 unspecified atom stereocenters. The summed E-state index contributed by atoms with van der Waals surface area (Å²) in [4.78, 5) is 16.6. The average molecular weight is 505 g/mol. The molecule has 0 atom stereocenters. The van der Waals surface area contributed by atoms with Crippen LogP contribution in [0.4, 0.5) is 20.6 Å². The summed E-state index contributed by atoms with van der Waals surface area (Å²) in [5.41, 5.74) is 2.43. The molecule has 0 spiro atoms. The maximum atomic E-state index is 14.8. The Bertz CT molecular complexity index is 1640. The van der Waals surface area contributed by atoms with Crippen molar-refractivity contribution in [3.05, 3.63) is 120 Å². The second kappa shape index (κ2) is 11.1. The quantitative estimate of drug-likeness (QED) is 0.243. The number of benzene rings is 4. The molecule has 2 amide bonds. The third-order valence-electron chi connectivity index (χ3n) is 5.61. The van der Waals surface area contributed by atoms with E-state index < -0.39 is 11.8 Å². The van der Waals surface area contributed by atoms with Crippen molar-refractivity contribution in [1.82, 2.24) is 4.98 Å². The van der Waals surface area contributed by atoms with E-state index in [4.69, 9.17) is 9.47 Å². The fourth-order valence-electron chi connectivity index (χ4n) is 3.77. The Hall–Kier alpha value is -5.42. The number of hydrogen-bond donors (Lipinski definition) is 2. The van der Waals surface area contributed by atoms with Gasteiger partial charge in [-0.3, -0.25) is 4.98 Å². The highest BCUT2D eigenvalue weighted by Crippen LogP contribution is 2.34. The zero-order valence-electron chi connectivity index (χ0n) is 20.0. The number of carbonyl (C=O) groups is 1. The van der Waals surface area contributed by atoms with Crippen LogP contribution in [0.2, 0.25) is 0 Å². The molecule has 2 N–H and O–H groups in total. The van der Waals surface area contributed by atoms with Crippen LogP contribution in [0.1, 0.15) is 11.1 Å². The number of rotatable bonds is 7. The van der Waals surface area contributed by atoms with Gasteiger partial charge in [-0.2, -0.15) is 5.26 Å². The third kappa shape index (κ3) is 5.69. The number of anilines is 2. The summed E-state index contributed by atoms with van der Waals surface area (Å²) in [6.07, 6.45) is 1.56. The topological polar surface area (TPSA) is 96.3 Å². The van der Waals surface area contributed by atoms with Gasteiger partial charge in [0.25, 0.3) is 0 Å². The van der Waals surface area contributed by atoms with Crippen LogP contribution in [-0.2, 0) is 6.61 Å².